The fourth-order valence-corrected chi connectivity index (χ4v) is 2.55. The highest BCUT2D eigenvalue weighted by atomic mass is 16.1. The standard InChI is InChI=1S/C20H20N4O/c1-14(16-6-4-3-5-7-16)22-20-13-21-12-19(24-20)17-8-10-18(11-9-17)23-15(2)25/h3-14H,1-2H3,(H,22,24)(H,23,25)/t14-/m0/s1. The van der Waals surface area contributed by atoms with Gasteiger partial charge in [-0.1, -0.05) is 42.5 Å². The van der Waals surface area contributed by atoms with E-state index in [1.54, 1.807) is 12.4 Å². The van der Waals surface area contributed by atoms with Crippen LogP contribution in [-0.4, -0.2) is 15.9 Å². The molecule has 2 aromatic carbocycles. The van der Waals surface area contributed by atoms with Crippen molar-refractivity contribution in [3.05, 3.63) is 72.6 Å². The summed E-state index contributed by atoms with van der Waals surface area (Å²) < 4.78 is 0. The van der Waals surface area contributed by atoms with E-state index in [4.69, 9.17) is 0 Å². The van der Waals surface area contributed by atoms with E-state index < -0.39 is 0 Å². The van der Waals surface area contributed by atoms with E-state index in [0.717, 1.165) is 22.8 Å². The number of hydrogen-bond donors (Lipinski definition) is 2. The van der Waals surface area contributed by atoms with Gasteiger partial charge in [0, 0.05) is 24.2 Å². The Morgan fingerprint density at radius 1 is 1.00 bits per heavy atom. The number of benzene rings is 2. The highest BCUT2D eigenvalue weighted by molar-refractivity contribution is 5.88. The van der Waals surface area contributed by atoms with Crippen LogP contribution in [0, 0.1) is 0 Å². The minimum atomic E-state index is -0.0892. The van der Waals surface area contributed by atoms with Crippen LogP contribution in [0.2, 0.25) is 0 Å². The Bertz CT molecular complexity index is 847. The van der Waals surface area contributed by atoms with E-state index in [9.17, 15) is 4.79 Å². The van der Waals surface area contributed by atoms with Gasteiger partial charge in [-0.2, -0.15) is 0 Å². The molecular weight excluding hydrogens is 312 g/mol. The van der Waals surface area contributed by atoms with E-state index in [2.05, 4.69) is 39.7 Å². The molecule has 126 valence electrons. The van der Waals surface area contributed by atoms with Gasteiger partial charge < -0.3 is 10.6 Å². The lowest BCUT2D eigenvalue weighted by molar-refractivity contribution is -0.114. The fourth-order valence-electron chi connectivity index (χ4n) is 2.55. The zero-order chi connectivity index (χ0) is 17.6. The van der Waals surface area contributed by atoms with Gasteiger partial charge in [0.15, 0.2) is 0 Å². The number of hydrogen-bond acceptors (Lipinski definition) is 4. The van der Waals surface area contributed by atoms with Gasteiger partial charge in [-0.25, -0.2) is 4.98 Å². The summed E-state index contributed by atoms with van der Waals surface area (Å²) in [6.45, 7) is 3.58. The lowest BCUT2D eigenvalue weighted by Crippen LogP contribution is -2.08. The molecule has 1 heterocycles. The second-order valence-corrected chi connectivity index (χ2v) is 5.82. The molecule has 3 aromatic rings. The molecule has 0 saturated carbocycles. The Labute approximate surface area is 147 Å². The minimum absolute atomic E-state index is 0.0892. The molecule has 0 radical (unpaired) electrons. The molecule has 0 aliphatic rings. The number of anilines is 2. The van der Waals surface area contributed by atoms with Crippen molar-refractivity contribution < 1.29 is 4.79 Å². The maximum Gasteiger partial charge on any atom is 0.221 e. The average Bonchev–Trinajstić information content (AvgIpc) is 2.63. The Morgan fingerprint density at radius 2 is 1.72 bits per heavy atom. The molecule has 0 spiro atoms. The topological polar surface area (TPSA) is 66.9 Å². The second kappa shape index (κ2) is 7.57. The zero-order valence-corrected chi connectivity index (χ0v) is 14.2. The van der Waals surface area contributed by atoms with Gasteiger partial charge in [0.25, 0.3) is 0 Å². The number of amides is 1. The van der Waals surface area contributed by atoms with Gasteiger partial charge in [0.1, 0.15) is 5.82 Å². The molecule has 3 rings (SSSR count). The number of nitrogens with one attached hydrogen (secondary N) is 2. The summed E-state index contributed by atoms with van der Waals surface area (Å²) in [5.41, 5.74) is 3.67. The van der Waals surface area contributed by atoms with Gasteiger partial charge in [-0.05, 0) is 24.6 Å². The molecule has 0 saturated heterocycles. The number of rotatable bonds is 5. The molecule has 0 aliphatic heterocycles. The first-order valence-corrected chi connectivity index (χ1v) is 8.13. The van der Waals surface area contributed by atoms with Crippen LogP contribution in [-0.2, 0) is 4.79 Å². The average molecular weight is 332 g/mol. The van der Waals surface area contributed by atoms with Crippen LogP contribution in [0.4, 0.5) is 11.5 Å². The molecular formula is C20H20N4O. The first kappa shape index (κ1) is 16.6. The van der Waals surface area contributed by atoms with Gasteiger partial charge in [-0.15, -0.1) is 0 Å². The van der Waals surface area contributed by atoms with Crippen molar-refractivity contribution in [3.63, 3.8) is 0 Å². The third-order valence-electron chi connectivity index (χ3n) is 3.80. The first-order valence-electron chi connectivity index (χ1n) is 8.13. The number of aromatic nitrogens is 2. The fraction of sp³-hybridized carbons (Fsp3) is 0.150. The third-order valence-corrected chi connectivity index (χ3v) is 3.80. The first-order chi connectivity index (χ1) is 12.1. The molecule has 1 atom stereocenters. The lowest BCUT2D eigenvalue weighted by Gasteiger charge is -2.15. The van der Waals surface area contributed by atoms with Crippen molar-refractivity contribution in [2.75, 3.05) is 10.6 Å². The molecule has 2 N–H and O–H groups in total. The summed E-state index contributed by atoms with van der Waals surface area (Å²) in [5.74, 6) is 0.633. The highest BCUT2D eigenvalue weighted by Gasteiger charge is 2.07. The molecule has 1 aromatic heterocycles. The largest absolute Gasteiger partial charge is 0.362 e. The molecule has 25 heavy (non-hydrogen) atoms. The molecule has 0 bridgehead atoms. The number of carbonyl (C=O) groups excluding carboxylic acids is 1. The Morgan fingerprint density at radius 3 is 2.40 bits per heavy atom. The van der Waals surface area contributed by atoms with Crippen molar-refractivity contribution in [1.82, 2.24) is 9.97 Å². The van der Waals surface area contributed by atoms with Crippen LogP contribution in [0.3, 0.4) is 0 Å². The monoisotopic (exact) mass is 332 g/mol. The maximum atomic E-state index is 11.1. The highest BCUT2D eigenvalue weighted by Crippen LogP contribution is 2.22. The number of carbonyl (C=O) groups is 1. The zero-order valence-electron chi connectivity index (χ0n) is 14.2. The summed E-state index contributed by atoms with van der Waals surface area (Å²) in [4.78, 5) is 20.0. The SMILES string of the molecule is CC(=O)Nc1ccc(-c2cncc(N[C@@H](C)c3ccccc3)n2)cc1. The third kappa shape index (κ3) is 4.41. The predicted molar refractivity (Wildman–Crippen MR) is 100 cm³/mol. The van der Waals surface area contributed by atoms with Crippen molar-refractivity contribution in [2.45, 2.75) is 19.9 Å². The van der Waals surface area contributed by atoms with Crippen LogP contribution in [0.25, 0.3) is 11.3 Å². The van der Waals surface area contributed by atoms with E-state index in [1.807, 2.05) is 42.5 Å². The normalized spacial score (nSPS) is 11.6. The number of nitrogens with zero attached hydrogens (tertiary/aromatic N) is 2. The summed E-state index contributed by atoms with van der Waals surface area (Å²) in [5, 5.41) is 6.13. The van der Waals surface area contributed by atoms with E-state index in [1.165, 1.54) is 12.5 Å². The van der Waals surface area contributed by atoms with E-state index in [0.29, 0.717) is 0 Å². The quantitative estimate of drug-likeness (QED) is 0.732. The molecule has 5 nitrogen and oxygen atoms in total. The molecule has 0 fully saturated rings. The van der Waals surface area contributed by atoms with Gasteiger partial charge in [0.2, 0.25) is 5.91 Å². The Kier molecular flexibility index (Phi) is 5.04. The lowest BCUT2D eigenvalue weighted by atomic mass is 10.1. The summed E-state index contributed by atoms with van der Waals surface area (Å²) in [6.07, 6.45) is 3.44. The van der Waals surface area contributed by atoms with Crippen LogP contribution in [0.15, 0.2) is 67.0 Å². The predicted octanol–water partition coefficient (Wildman–Crippen LogP) is 4.28. The molecule has 0 aliphatic carbocycles. The van der Waals surface area contributed by atoms with Crippen molar-refractivity contribution >= 4 is 17.4 Å². The van der Waals surface area contributed by atoms with Crippen LogP contribution in [0.1, 0.15) is 25.5 Å². The van der Waals surface area contributed by atoms with E-state index >= 15 is 0 Å². The maximum absolute atomic E-state index is 11.1. The van der Waals surface area contributed by atoms with Crippen molar-refractivity contribution in [1.29, 1.82) is 0 Å². The van der Waals surface area contributed by atoms with Crippen LogP contribution < -0.4 is 10.6 Å². The smallest absolute Gasteiger partial charge is 0.221 e. The minimum Gasteiger partial charge on any atom is -0.362 e. The summed E-state index contributed by atoms with van der Waals surface area (Å²) >= 11 is 0. The molecule has 5 heteroatoms. The summed E-state index contributed by atoms with van der Waals surface area (Å²) in [6, 6.07) is 17.9. The second-order valence-electron chi connectivity index (χ2n) is 5.82. The van der Waals surface area contributed by atoms with Crippen LogP contribution in [0.5, 0.6) is 0 Å². The van der Waals surface area contributed by atoms with Crippen molar-refractivity contribution in [2.24, 2.45) is 0 Å². The Hall–Kier alpha value is -3.21. The summed E-state index contributed by atoms with van der Waals surface area (Å²) in [7, 11) is 0. The van der Waals surface area contributed by atoms with Crippen LogP contribution >= 0.6 is 0 Å². The molecule has 1 amide bonds. The van der Waals surface area contributed by atoms with Gasteiger partial charge in [0.05, 0.1) is 18.1 Å². The molecule has 0 unspecified atom stereocenters. The Balaban J connectivity index is 1.76. The van der Waals surface area contributed by atoms with Crippen molar-refractivity contribution in [3.8, 4) is 11.3 Å². The van der Waals surface area contributed by atoms with E-state index in [-0.39, 0.29) is 11.9 Å². The van der Waals surface area contributed by atoms with Gasteiger partial charge >= 0.3 is 0 Å². The van der Waals surface area contributed by atoms with Gasteiger partial charge in [-0.3, -0.25) is 9.78 Å².